The van der Waals surface area contributed by atoms with Crippen LogP contribution in [0.2, 0.25) is 0 Å². The number of aromatic hydroxyl groups is 2. The molecule has 1 unspecified atom stereocenters. The molecule has 0 aliphatic heterocycles. The predicted octanol–water partition coefficient (Wildman–Crippen LogP) is 3.01. The highest BCUT2D eigenvalue weighted by atomic mass is 35.5. The Kier molecular flexibility index (Phi) is 6.30. The van der Waals surface area contributed by atoms with E-state index in [0.29, 0.717) is 11.6 Å². The minimum absolute atomic E-state index is 0. The van der Waals surface area contributed by atoms with Crippen LogP contribution >= 0.6 is 12.4 Å². The van der Waals surface area contributed by atoms with Crippen LogP contribution < -0.4 is 5.32 Å². The second-order valence-electron chi connectivity index (χ2n) is 5.18. The van der Waals surface area contributed by atoms with Gasteiger partial charge in [-0.3, -0.25) is 4.79 Å². The van der Waals surface area contributed by atoms with Crippen molar-refractivity contribution >= 4 is 18.2 Å². The summed E-state index contributed by atoms with van der Waals surface area (Å²) in [6.07, 6.45) is 5.43. The summed E-state index contributed by atoms with van der Waals surface area (Å²) < 4.78 is 0. The van der Waals surface area contributed by atoms with Crippen molar-refractivity contribution in [2.75, 3.05) is 0 Å². The molecule has 0 heterocycles. The zero-order chi connectivity index (χ0) is 13.8. The standard InChI is InChI=1S/C15H21NO3.ClH/c1-2-12(16-11-5-3-4-6-11)15(19)10-7-8-13(17)14(18)9-10;/h7-9,11-12,16-18H,2-6H2,1H3;1H. The highest BCUT2D eigenvalue weighted by Crippen LogP contribution is 2.26. The van der Waals surface area contributed by atoms with Crippen molar-refractivity contribution in [1.29, 1.82) is 0 Å². The number of phenols is 2. The second-order valence-corrected chi connectivity index (χ2v) is 5.18. The maximum Gasteiger partial charge on any atom is 0.179 e. The van der Waals surface area contributed by atoms with Gasteiger partial charge in [0.05, 0.1) is 6.04 Å². The molecule has 1 atom stereocenters. The lowest BCUT2D eigenvalue weighted by molar-refractivity contribution is 0.0933. The number of Topliss-reactive ketones (excluding diaryl/α,β-unsaturated/α-hetero) is 1. The van der Waals surface area contributed by atoms with Crippen LogP contribution in [0.25, 0.3) is 0 Å². The van der Waals surface area contributed by atoms with Crippen LogP contribution in [0.4, 0.5) is 0 Å². The number of ketones is 1. The van der Waals surface area contributed by atoms with Crippen molar-refractivity contribution in [2.45, 2.75) is 51.1 Å². The average molecular weight is 300 g/mol. The number of phenolic OH excluding ortho intramolecular Hbond substituents is 2. The molecule has 0 saturated heterocycles. The van der Waals surface area contributed by atoms with Gasteiger partial charge in [-0.05, 0) is 37.5 Å². The number of benzene rings is 1. The molecule has 112 valence electrons. The number of hydrogen-bond donors (Lipinski definition) is 3. The van der Waals surface area contributed by atoms with E-state index < -0.39 is 0 Å². The predicted molar refractivity (Wildman–Crippen MR) is 80.8 cm³/mol. The lowest BCUT2D eigenvalue weighted by Gasteiger charge is -2.20. The Balaban J connectivity index is 0.00000200. The first kappa shape index (κ1) is 16.8. The van der Waals surface area contributed by atoms with E-state index in [1.807, 2.05) is 6.92 Å². The molecule has 3 N–H and O–H groups in total. The normalized spacial score (nSPS) is 16.6. The molecule has 5 heteroatoms. The van der Waals surface area contributed by atoms with Crippen molar-refractivity contribution in [3.8, 4) is 11.5 Å². The smallest absolute Gasteiger partial charge is 0.179 e. The molecule has 2 rings (SSSR count). The molecule has 0 spiro atoms. The van der Waals surface area contributed by atoms with Crippen molar-refractivity contribution in [3.63, 3.8) is 0 Å². The van der Waals surface area contributed by atoms with Crippen molar-refractivity contribution in [1.82, 2.24) is 5.32 Å². The Hall–Kier alpha value is -1.26. The molecule has 0 aromatic heterocycles. The van der Waals surface area contributed by atoms with Gasteiger partial charge in [0.15, 0.2) is 17.3 Å². The number of carbonyl (C=O) groups excluding carboxylic acids is 1. The third-order valence-corrected chi connectivity index (χ3v) is 3.78. The first-order valence-electron chi connectivity index (χ1n) is 6.94. The van der Waals surface area contributed by atoms with E-state index in [9.17, 15) is 15.0 Å². The van der Waals surface area contributed by atoms with Gasteiger partial charge in [0, 0.05) is 11.6 Å². The molecule has 4 nitrogen and oxygen atoms in total. The fraction of sp³-hybridized carbons (Fsp3) is 0.533. The molecule has 1 aromatic carbocycles. The lowest BCUT2D eigenvalue weighted by atomic mass is 10.0. The molecule has 20 heavy (non-hydrogen) atoms. The van der Waals surface area contributed by atoms with Gasteiger partial charge < -0.3 is 15.5 Å². The van der Waals surface area contributed by atoms with Gasteiger partial charge in [-0.1, -0.05) is 19.8 Å². The highest BCUT2D eigenvalue weighted by molar-refractivity contribution is 6.00. The number of rotatable bonds is 5. The maximum atomic E-state index is 12.4. The third kappa shape index (κ3) is 3.87. The quantitative estimate of drug-likeness (QED) is 0.577. The van der Waals surface area contributed by atoms with Crippen LogP contribution in [0.15, 0.2) is 18.2 Å². The maximum absolute atomic E-state index is 12.4. The van der Waals surface area contributed by atoms with E-state index in [4.69, 9.17) is 0 Å². The lowest BCUT2D eigenvalue weighted by Crippen LogP contribution is -2.41. The second kappa shape index (κ2) is 7.50. The van der Waals surface area contributed by atoms with Gasteiger partial charge in [-0.2, -0.15) is 0 Å². The Bertz CT molecular complexity index is 458. The van der Waals surface area contributed by atoms with Crippen molar-refractivity contribution in [3.05, 3.63) is 23.8 Å². The zero-order valence-electron chi connectivity index (χ0n) is 11.6. The summed E-state index contributed by atoms with van der Waals surface area (Å²) in [7, 11) is 0. The summed E-state index contributed by atoms with van der Waals surface area (Å²) in [4.78, 5) is 12.4. The Labute approximate surface area is 125 Å². The number of nitrogens with one attached hydrogen (secondary N) is 1. The molecule has 0 radical (unpaired) electrons. The molecular weight excluding hydrogens is 278 g/mol. The monoisotopic (exact) mass is 299 g/mol. The molecule has 0 amide bonds. The van der Waals surface area contributed by atoms with E-state index >= 15 is 0 Å². The molecule has 1 saturated carbocycles. The van der Waals surface area contributed by atoms with Crippen LogP contribution in [0.1, 0.15) is 49.4 Å². The first-order chi connectivity index (χ1) is 9.11. The summed E-state index contributed by atoms with van der Waals surface area (Å²) in [5.74, 6) is -0.473. The fourth-order valence-electron chi connectivity index (χ4n) is 2.63. The van der Waals surface area contributed by atoms with Gasteiger partial charge in [-0.15, -0.1) is 12.4 Å². The van der Waals surface area contributed by atoms with Gasteiger partial charge in [-0.25, -0.2) is 0 Å². The summed E-state index contributed by atoms with van der Waals surface area (Å²) >= 11 is 0. The van der Waals surface area contributed by atoms with Crippen LogP contribution in [-0.2, 0) is 0 Å². The Morgan fingerprint density at radius 1 is 1.30 bits per heavy atom. The van der Waals surface area contributed by atoms with Crippen molar-refractivity contribution < 1.29 is 15.0 Å². The number of carbonyl (C=O) groups is 1. The van der Waals surface area contributed by atoms with Crippen LogP contribution in [0, 0.1) is 0 Å². The van der Waals surface area contributed by atoms with E-state index in [1.165, 1.54) is 25.0 Å². The molecule has 0 bridgehead atoms. The summed E-state index contributed by atoms with van der Waals surface area (Å²) in [6.45, 7) is 1.98. The van der Waals surface area contributed by atoms with E-state index in [1.54, 1.807) is 6.07 Å². The third-order valence-electron chi connectivity index (χ3n) is 3.78. The topological polar surface area (TPSA) is 69.6 Å². The molecular formula is C15H22ClNO3. The van der Waals surface area contributed by atoms with E-state index in [-0.39, 0.29) is 35.7 Å². The highest BCUT2D eigenvalue weighted by Gasteiger charge is 2.24. The Morgan fingerprint density at radius 3 is 2.50 bits per heavy atom. The van der Waals surface area contributed by atoms with E-state index in [0.717, 1.165) is 19.3 Å². The summed E-state index contributed by atoms with van der Waals surface area (Å²) in [5.41, 5.74) is 0.438. The van der Waals surface area contributed by atoms with Gasteiger partial charge >= 0.3 is 0 Å². The van der Waals surface area contributed by atoms with Gasteiger partial charge in [0.2, 0.25) is 0 Å². The molecule has 1 aliphatic rings. The van der Waals surface area contributed by atoms with E-state index in [2.05, 4.69) is 5.32 Å². The molecule has 1 fully saturated rings. The molecule has 1 aliphatic carbocycles. The van der Waals surface area contributed by atoms with Gasteiger partial charge in [0.25, 0.3) is 0 Å². The zero-order valence-corrected chi connectivity index (χ0v) is 12.4. The first-order valence-corrected chi connectivity index (χ1v) is 6.94. The minimum atomic E-state index is -0.249. The Morgan fingerprint density at radius 2 is 1.95 bits per heavy atom. The van der Waals surface area contributed by atoms with Crippen LogP contribution in [-0.4, -0.2) is 28.1 Å². The fourth-order valence-corrected chi connectivity index (χ4v) is 2.63. The van der Waals surface area contributed by atoms with Crippen LogP contribution in [0.3, 0.4) is 0 Å². The van der Waals surface area contributed by atoms with Crippen LogP contribution in [0.5, 0.6) is 11.5 Å². The SMILES string of the molecule is CCC(NC1CCCC1)C(=O)c1ccc(O)c(O)c1.Cl. The largest absolute Gasteiger partial charge is 0.504 e. The number of hydrogen-bond acceptors (Lipinski definition) is 4. The molecule has 1 aromatic rings. The summed E-state index contributed by atoms with van der Waals surface area (Å²) in [5, 5.41) is 22.1. The summed E-state index contributed by atoms with van der Waals surface area (Å²) in [6, 6.07) is 4.45. The number of halogens is 1. The van der Waals surface area contributed by atoms with Gasteiger partial charge in [0.1, 0.15) is 0 Å². The average Bonchev–Trinajstić information content (AvgIpc) is 2.91. The minimum Gasteiger partial charge on any atom is -0.504 e. The van der Waals surface area contributed by atoms with Crippen molar-refractivity contribution in [2.24, 2.45) is 0 Å².